The minimum absolute atomic E-state index is 0. The van der Waals surface area contributed by atoms with E-state index in [2.05, 4.69) is 32.0 Å². The molecule has 0 amide bonds. The number of aryl methyl sites for hydroxylation is 2. The summed E-state index contributed by atoms with van der Waals surface area (Å²) >= 11 is 0. The summed E-state index contributed by atoms with van der Waals surface area (Å²) in [6, 6.07) is 6.48. The number of benzene rings is 1. The molecule has 1 aliphatic rings. The summed E-state index contributed by atoms with van der Waals surface area (Å²) < 4.78 is 5.71. The van der Waals surface area contributed by atoms with E-state index in [1.54, 1.807) is 0 Å². The van der Waals surface area contributed by atoms with Gasteiger partial charge >= 0.3 is 0 Å². The van der Waals surface area contributed by atoms with Crippen LogP contribution in [0.1, 0.15) is 24.0 Å². The number of nitrogens with two attached hydrogens (primary N) is 1. The minimum atomic E-state index is 0. The van der Waals surface area contributed by atoms with Crippen molar-refractivity contribution in [1.29, 1.82) is 0 Å². The number of ether oxygens (including phenoxy) is 1. The third-order valence-electron chi connectivity index (χ3n) is 2.87. The molecule has 2 N–H and O–H groups in total. The van der Waals surface area contributed by atoms with Gasteiger partial charge in [-0.25, -0.2) is 0 Å². The second-order valence-electron chi connectivity index (χ2n) is 4.64. The molecule has 16 heavy (non-hydrogen) atoms. The van der Waals surface area contributed by atoms with Crippen LogP contribution in [0, 0.1) is 19.8 Å². The Morgan fingerprint density at radius 1 is 1.25 bits per heavy atom. The molecule has 0 unspecified atom stereocenters. The van der Waals surface area contributed by atoms with Crippen molar-refractivity contribution in [2.75, 3.05) is 6.61 Å². The van der Waals surface area contributed by atoms with Crippen LogP contribution in [-0.4, -0.2) is 12.6 Å². The van der Waals surface area contributed by atoms with Crippen LogP contribution >= 0.6 is 12.4 Å². The van der Waals surface area contributed by atoms with Crippen LogP contribution in [-0.2, 0) is 0 Å². The zero-order valence-electron chi connectivity index (χ0n) is 9.90. The fraction of sp³-hybridized carbons (Fsp3) is 0.538. The van der Waals surface area contributed by atoms with Crippen LogP contribution in [0.4, 0.5) is 0 Å². The van der Waals surface area contributed by atoms with Gasteiger partial charge in [-0.1, -0.05) is 6.07 Å². The maximum atomic E-state index is 5.98. The first-order chi connectivity index (χ1) is 7.15. The van der Waals surface area contributed by atoms with Gasteiger partial charge in [-0.2, -0.15) is 0 Å². The first-order valence-electron chi connectivity index (χ1n) is 5.62. The van der Waals surface area contributed by atoms with E-state index in [0.29, 0.717) is 12.5 Å². The van der Waals surface area contributed by atoms with Crippen LogP contribution in [0.15, 0.2) is 18.2 Å². The fourth-order valence-corrected chi connectivity index (χ4v) is 1.87. The van der Waals surface area contributed by atoms with Crippen molar-refractivity contribution < 1.29 is 4.74 Å². The molecule has 2 rings (SSSR count). The van der Waals surface area contributed by atoms with Gasteiger partial charge in [0.05, 0.1) is 0 Å². The van der Waals surface area contributed by atoms with Crippen molar-refractivity contribution in [1.82, 2.24) is 0 Å². The lowest BCUT2D eigenvalue weighted by Crippen LogP contribution is -2.29. The standard InChI is InChI=1S/C13H19NO.ClH/c1-9-5-10(2)7-12(6-9)15-8-13(14)11-3-4-11;/h5-7,11,13H,3-4,8,14H2,1-2H3;1H/t13-;/m0./s1. The molecule has 90 valence electrons. The van der Waals surface area contributed by atoms with Gasteiger partial charge in [-0.05, 0) is 55.9 Å². The number of rotatable bonds is 4. The molecule has 0 saturated heterocycles. The average Bonchev–Trinajstić information content (AvgIpc) is 2.95. The van der Waals surface area contributed by atoms with Gasteiger partial charge in [-0.3, -0.25) is 0 Å². The lowest BCUT2D eigenvalue weighted by atomic mass is 10.1. The van der Waals surface area contributed by atoms with Gasteiger partial charge in [0.15, 0.2) is 0 Å². The molecule has 1 aromatic carbocycles. The molecule has 1 atom stereocenters. The van der Waals surface area contributed by atoms with Gasteiger partial charge in [-0.15, -0.1) is 12.4 Å². The largest absolute Gasteiger partial charge is 0.492 e. The highest BCUT2D eigenvalue weighted by Gasteiger charge is 2.28. The molecule has 0 heterocycles. The average molecular weight is 242 g/mol. The summed E-state index contributed by atoms with van der Waals surface area (Å²) in [4.78, 5) is 0. The Balaban J connectivity index is 0.00000128. The summed E-state index contributed by atoms with van der Waals surface area (Å²) in [5.74, 6) is 1.65. The highest BCUT2D eigenvalue weighted by atomic mass is 35.5. The van der Waals surface area contributed by atoms with Crippen molar-refractivity contribution in [3.63, 3.8) is 0 Å². The van der Waals surface area contributed by atoms with Crippen molar-refractivity contribution in [3.05, 3.63) is 29.3 Å². The maximum Gasteiger partial charge on any atom is 0.119 e. The van der Waals surface area contributed by atoms with Crippen molar-refractivity contribution in [2.24, 2.45) is 11.7 Å². The molecular weight excluding hydrogens is 222 g/mol. The van der Waals surface area contributed by atoms with Crippen LogP contribution in [0.25, 0.3) is 0 Å². The van der Waals surface area contributed by atoms with Crippen LogP contribution in [0.2, 0.25) is 0 Å². The first-order valence-corrected chi connectivity index (χ1v) is 5.62. The zero-order valence-corrected chi connectivity index (χ0v) is 10.7. The normalized spacial score (nSPS) is 16.4. The molecule has 2 nitrogen and oxygen atoms in total. The summed E-state index contributed by atoms with van der Waals surface area (Å²) in [5, 5.41) is 0. The zero-order chi connectivity index (χ0) is 10.8. The molecular formula is C13H20ClNO. The van der Waals surface area contributed by atoms with Gasteiger partial charge < -0.3 is 10.5 Å². The Bertz CT molecular complexity index is 330. The molecule has 0 spiro atoms. The van der Waals surface area contributed by atoms with E-state index in [0.717, 1.165) is 5.75 Å². The van der Waals surface area contributed by atoms with Gasteiger partial charge in [0.1, 0.15) is 12.4 Å². The molecule has 1 aliphatic carbocycles. The third kappa shape index (κ3) is 3.69. The number of hydrogen-bond donors (Lipinski definition) is 1. The van der Waals surface area contributed by atoms with Gasteiger partial charge in [0.25, 0.3) is 0 Å². The highest BCUT2D eigenvalue weighted by molar-refractivity contribution is 5.85. The molecule has 1 saturated carbocycles. The molecule has 0 aromatic heterocycles. The van der Waals surface area contributed by atoms with E-state index in [1.807, 2.05) is 0 Å². The fourth-order valence-electron chi connectivity index (χ4n) is 1.87. The summed E-state index contributed by atoms with van der Waals surface area (Å²) in [5.41, 5.74) is 8.46. The Labute approximate surface area is 104 Å². The van der Waals surface area contributed by atoms with Crippen LogP contribution < -0.4 is 10.5 Å². The van der Waals surface area contributed by atoms with E-state index >= 15 is 0 Å². The van der Waals surface area contributed by atoms with Crippen LogP contribution in [0.5, 0.6) is 5.75 Å². The predicted octanol–water partition coefficient (Wildman–Crippen LogP) is 2.84. The Morgan fingerprint density at radius 3 is 2.31 bits per heavy atom. The lowest BCUT2D eigenvalue weighted by molar-refractivity contribution is 0.276. The summed E-state index contributed by atoms with van der Waals surface area (Å²) in [7, 11) is 0. The summed E-state index contributed by atoms with van der Waals surface area (Å²) in [6.07, 6.45) is 2.55. The summed E-state index contributed by atoms with van der Waals surface area (Å²) in [6.45, 7) is 4.81. The van der Waals surface area contributed by atoms with Crippen molar-refractivity contribution in [2.45, 2.75) is 32.7 Å². The second kappa shape index (κ2) is 5.55. The Kier molecular flexibility index (Phi) is 4.63. The van der Waals surface area contributed by atoms with Gasteiger partial charge in [0.2, 0.25) is 0 Å². The smallest absolute Gasteiger partial charge is 0.119 e. The van der Waals surface area contributed by atoms with Crippen LogP contribution in [0.3, 0.4) is 0 Å². The van der Waals surface area contributed by atoms with E-state index < -0.39 is 0 Å². The minimum Gasteiger partial charge on any atom is -0.492 e. The topological polar surface area (TPSA) is 35.2 Å². The Morgan fingerprint density at radius 2 is 1.81 bits per heavy atom. The third-order valence-corrected chi connectivity index (χ3v) is 2.87. The van der Waals surface area contributed by atoms with Crippen molar-refractivity contribution >= 4 is 12.4 Å². The molecule has 1 aromatic rings. The van der Waals surface area contributed by atoms with Crippen molar-refractivity contribution in [3.8, 4) is 5.75 Å². The quantitative estimate of drug-likeness (QED) is 0.880. The molecule has 0 bridgehead atoms. The number of hydrogen-bond acceptors (Lipinski definition) is 2. The second-order valence-corrected chi connectivity index (χ2v) is 4.64. The molecule has 1 fully saturated rings. The highest BCUT2D eigenvalue weighted by Crippen LogP contribution is 2.31. The first kappa shape index (κ1) is 13.3. The Hall–Kier alpha value is -0.730. The van der Waals surface area contributed by atoms with E-state index in [-0.39, 0.29) is 18.4 Å². The molecule has 0 aliphatic heterocycles. The maximum absolute atomic E-state index is 5.98. The van der Waals surface area contributed by atoms with E-state index in [9.17, 15) is 0 Å². The van der Waals surface area contributed by atoms with Gasteiger partial charge in [0, 0.05) is 6.04 Å². The number of halogens is 1. The lowest BCUT2D eigenvalue weighted by Gasteiger charge is -2.13. The molecule has 3 heteroatoms. The van der Waals surface area contributed by atoms with E-state index in [4.69, 9.17) is 10.5 Å². The SMILES string of the molecule is Cc1cc(C)cc(OC[C@H](N)C2CC2)c1.Cl. The van der Waals surface area contributed by atoms with E-state index in [1.165, 1.54) is 24.0 Å². The monoisotopic (exact) mass is 241 g/mol. The predicted molar refractivity (Wildman–Crippen MR) is 69.4 cm³/mol. The molecule has 0 radical (unpaired) electrons.